The minimum absolute atomic E-state index is 0.0479. The number of benzene rings is 3. The molecule has 3 aromatic carbocycles. The summed E-state index contributed by atoms with van der Waals surface area (Å²) in [6.45, 7) is -0.322. The van der Waals surface area contributed by atoms with E-state index in [0.717, 1.165) is 28.3 Å². The molecule has 0 aromatic heterocycles. The van der Waals surface area contributed by atoms with E-state index < -0.39 is 35.6 Å². The lowest BCUT2D eigenvalue weighted by Gasteiger charge is -2.20. The highest BCUT2D eigenvalue weighted by atomic mass is 16.6. The summed E-state index contributed by atoms with van der Waals surface area (Å²) in [5.74, 6) is -0.811. The molecule has 208 valence electrons. The molecule has 0 saturated heterocycles. The van der Waals surface area contributed by atoms with E-state index in [9.17, 15) is 29.6 Å². The molecule has 0 saturated carbocycles. The summed E-state index contributed by atoms with van der Waals surface area (Å²) in [5, 5.41) is 28.2. The molecule has 12 heteroatoms. The third-order valence-corrected chi connectivity index (χ3v) is 6.64. The van der Waals surface area contributed by atoms with Crippen molar-refractivity contribution < 1.29 is 29.2 Å². The quantitative estimate of drug-likeness (QED) is 0.138. The van der Waals surface area contributed by atoms with Gasteiger partial charge >= 0.3 is 12.1 Å². The summed E-state index contributed by atoms with van der Waals surface area (Å²) in [6.07, 6.45) is -0.395. The van der Waals surface area contributed by atoms with Gasteiger partial charge < -0.3 is 31.5 Å². The van der Waals surface area contributed by atoms with Crippen LogP contribution in [0.15, 0.2) is 66.7 Å². The van der Waals surface area contributed by atoms with Gasteiger partial charge in [0.1, 0.15) is 12.6 Å². The van der Waals surface area contributed by atoms with Crippen LogP contribution in [-0.2, 0) is 16.1 Å². The number of aliphatic hydroxyl groups is 1. The number of anilines is 1. The number of urea groups is 1. The highest BCUT2D eigenvalue weighted by Crippen LogP contribution is 2.44. The van der Waals surface area contributed by atoms with Crippen molar-refractivity contribution in [2.75, 3.05) is 18.5 Å². The largest absolute Gasteiger partial charge is 0.449 e. The van der Waals surface area contributed by atoms with Crippen LogP contribution in [0.5, 0.6) is 0 Å². The van der Waals surface area contributed by atoms with Crippen LogP contribution in [0.4, 0.5) is 21.0 Å². The maximum Gasteiger partial charge on any atom is 0.407 e. The number of primary amides is 1. The number of fused-ring (bicyclic) bond motifs is 3. The fourth-order valence-corrected chi connectivity index (χ4v) is 4.74. The first-order valence-corrected chi connectivity index (χ1v) is 12.6. The number of nitro groups is 1. The molecule has 0 radical (unpaired) electrons. The van der Waals surface area contributed by atoms with Crippen molar-refractivity contribution in [1.29, 1.82) is 0 Å². The fraction of sp³-hybridized carbons (Fsp3) is 0.250. The van der Waals surface area contributed by atoms with E-state index in [2.05, 4.69) is 16.0 Å². The zero-order valence-corrected chi connectivity index (χ0v) is 21.5. The Kier molecular flexibility index (Phi) is 8.92. The molecule has 40 heavy (non-hydrogen) atoms. The number of nitro benzene ring substituents is 1. The third kappa shape index (κ3) is 6.53. The Morgan fingerprint density at radius 2 is 1.68 bits per heavy atom. The summed E-state index contributed by atoms with van der Waals surface area (Å²) < 4.78 is 5.56. The van der Waals surface area contributed by atoms with Gasteiger partial charge in [-0.25, -0.2) is 9.59 Å². The third-order valence-electron chi connectivity index (χ3n) is 6.64. The lowest BCUT2D eigenvalue weighted by atomic mass is 9.98. The number of hydrogen-bond donors (Lipinski definition) is 5. The van der Waals surface area contributed by atoms with Crippen LogP contribution in [0.2, 0.25) is 0 Å². The molecule has 0 fully saturated rings. The summed E-state index contributed by atoms with van der Waals surface area (Å²) in [7, 11) is 0. The Hall–Kier alpha value is -4.97. The molecule has 4 rings (SSSR count). The van der Waals surface area contributed by atoms with Gasteiger partial charge in [-0.3, -0.25) is 14.9 Å². The van der Waals surface area contributed by atoms with Crippen molar-refractivity contribution in [1.82, 2.24) is 10.6 Å². The van der Waals surface area contributed by atoms with Crippen LogP contribution in [0.25, 0.3) is 11.1 Å². The zero-order chi connectivity index (χ0) is 28.6. The molecule has 4 amide bonds. The van der Waals surface area contributed by atoms with Crippen LogP contribution in [0.3, 0.4) is 0 Å². The van der Waals surface area contributed by atoms with Crippen LogP contribution < -0.4 is 21.7 Å². The molecule has 0 bridgehead atoms. The number of nitrogens with two attached hydrogens (primary N) is 1. The van der Waals surface area contributed by atoms with Gasteiger partial charge in [0.25, 0.3) is 5.69 Å². The Balaban J connectivity index is 1.44. The van der Waals surface area contributed by atoms with Gasteiger partial charge in [0.15, 0.2) is 0 Å². The van der Waals surface area contributed by atoms with E-state index in [1.807, 2.05) is 48.5 Å². The molecule has 3 aromatic rings. The normalized spacial score (nSPS) is 12.5. The van der Waals surface area contributed by atoms with E-state index in [1.54, 1.807) is 0 Å². The number of carbonyl (C=O) groups excluding carboxylic acids is 3. The van der Waals surface area contributed by atoms with Crippen molar-refractivity contribution in [3.8, 4) is 11.1 Å². The molecule has 0 unspecified atom stereocenters. The SMILES string of the molecule is NC(=O)NCCC[C@H](NC(=O)OCC1c2ccccc2-c2ccccc21)C(=O)Nc1ccc(CO)c([N+](=O)[O-])c1. The van der Waals surface area contributed by atoms with Gasteiger partial charge in [0.05, 0.1) is 17.1 Å². The second kappa shape index (κ2) is 12.7. The second-order valence-electron chi connectivity index (χ2n) is 9.20. The average Bonchev–Trinajstić information content (AvgIpc) is 3.26. The Morgan fingerprint density at radius 1 is 1.02 bits per heavy atom. The average molecular weight is 548 g/mol. The smallest absolute Gasteiger partial charge is 0.407 e. The van der Waals surface area contributed by atoms with Crippen LogP contribution in [0, 0.1) is 10.1 Å². The number of hydrogen-bond acceptors (Lipinski definition) is 7. The van der Waals surface area contributed by atoms with E-state index in [-0.39, 0.29) is 42.4 Å². The predicted octanol–water partition coefficient (Wildman–Crippen LogP) is 3.38. The van der Waals surface area contributed by atoms with E-state index in [4.69, 9.17) is 10.5 Å². The number of nitrogens with zero attached hydrogens (tertiary/aromatic N) is 1. The molecule has 1 atom stereocenters. The number of aliphatic hydroxyl groups excluding tert-OH is 1. The van der Waals surface area contributed by atoms with E-state index in [1.165, 1.54) is 12.1 Å². The summed E-state index contributed by atoms with van der Waals surface area (Å²) >= 11 is 0. The van der Waals surface area contributed by atoms with Crippen molar-refractivity contribution in [2.24, 2.45) is 5.73 Å². The van der Waals surface area contributed by atoms with Crippen molar-refractivity contribution in [3.63, 3.8) is 0 Å². The van der Waals surface area contributed by atoms with Crippen molar-refractivity contribution in [2.45, 2.75) is 31.4 Å². The maximum absolute atomic E-state index is 13.1. The predicted molar refractivity (Wildman–Crippen MR) is 146 cm³/mol. The maximum atomic E-state index is 13.1. The number of nitrogens with one attached hydrogen (secondary N) is 3. The molecule has 0 aliphatic heterocycles. The lowest BCUT2D eigenvalue weighted by molar-refractivity contribution is -0.385. The van der Waals surface area contributed by atoms with Gasteiger partial charge in [-0.2, -0.15) is 0 Å². The van der Waals surface area contributed by atoms with Gasteiger partial charge in [0.2, 0.25) is 5.91 Å². The van der Waals surface area contributed by atoms with E-state index >= 15 is 0 Å². The van der Waals surface area contributed by atoms with Crippen LogP contribution in [-0.4, -0.2) is 47.3 Å². The number of ether oxygens (including phenoxy) is 1. The van der Waals surface area contributed by atoms with Gasteiger partial charge in [0, 0.05) is 24.2 Å². The molecule has 0 heterocycles. The Labute approximate surface area is 229 Å². The van der Waals surface area contributed by atoms with Crippen LogP contribution in [0.1, 0.15) is 35.4 Å². The highest BCUT2D eigenvalue weighted by molar-refractivity contribution is 5.96. The fourth-order valence-electron chi connectivity index (χ4n) is 4.74. The standard InChI is InChI=1S/C28H29N5O7/c29-27(36)30-13-5-10-24(26(35)31-18-12-11-17(15-34)25(14-18)33(38)39)32-28(37)40-16-23-21-8-3-1-6-19(21)20-7-2-4-9-22(20)23/h1-4,6-9,11-12,14,23-24,34H,5,10,13,15-16H2,(H,31,35)(H,32,37)(H3,29,30,36)/t24-/m0/s1. The Bertz CT molecular complexity index is 1380. The van der Waals surface area contributed by atoms with Gasteiger partial charge in [-0.1, -0.05) is 48.5 Å². The molecule has 1 aliphatic carbocycles. The zero-order valence-electron chi connectivity index (χ0n) is 21.5. The van der Waals surface area contributed by atoms with E-state index in [0.29, 0.717) is 6.42 Å². The number of rotatable bonds is 11. The minimum atomic E-state index is -1.08. The first kappa shape index (κ1) is 28.0. The monoisotopic (exact) mass is 547 g/mol. The highest BCUT2D eigenvalue weighted by Gasteiger charge is 2.30. The first-order chi connectivity index (χ1) is 19.3. The summed E-state index contributed by atoms with van der Waals surface area (Å²) in [4.78, 5) is 47.6. The molecule has 12 nitrogen and oxygen atoms in total. The molecule has 0 spiro atoms. The summed E-state index contributed by atoms with van der Waals surface area (Å²) in [5.41, 5.74) is 9.17. The molecule has 1 aliphatic rings. The second-order valence-corrected chi connectivity index (χ2v) is 9.20. The minimum Gasteiger partial charge on any atom is -0.449 e. The molecular formula is C28H29N5O7. The topological polar surface area (TPSA) is 186 Å². The molecule has 6 N–H and O–H groups in total. The number of amides is 4. The van der Waals surface area contributed by atoms with Gasteiger partial charge in [-0.15, -0.1) is 0 Å². The number of carbonyl (C=O) groups is 3. The first-order valence-electron chi connectivity index (χ1n) is 12.6. The molecular weight excluding hydrogens is 518 g/mol. The number of alkyl carbamates (subject to hydrolysis) is 1. The Morgan fingerprint density at radius 3 is 2.27 bits per heavy atom. The lowest BCUT2D eigenvalue weighted by Crippen LogP contribution is -2.44. The summed E-state index contributed by atoms with van der Waals surface area (Å²) in [6, 6.07) is 17.8. The van der Waals surface area contributed by atoms with Gasteiger partial charge in [-0.05, 0) is 47.2 Å². The van der Waals surface area contributed by atoms with Crippen molar-refractivity contribution in [3.05, 3.63) is 93.5 Å². The van der Waals surface area contributed by atoms with Crippen molar-refractivity contribution >= 4 is 29.4 Å². The van der Waals surface area contributed by atoms with Crippen LogP contribution >= 0.6 is 0 Å².